The lowest BCUT2D eigenvalue weighted by atomic mass is 10.0. The van der Waals surface area contributed by atoms with Crippen LogP contribution in [0.5, 0.6) is 0 Å². The molecule has 1 rings (SSSR count). The van der Waals surface area contributed by atoms with Gasteiger partial charge < -0.3 is 10.1 Å². The highest BCUT2D eigenvalue weighted by molar-refractivity contribution is 7.81. The van der Waals surface area contributed by atoms with E-state index in [0.29, 0.717) is 25.8 Å². The third-order valence-electron chi connectivity index (χ3n) is 3.04. The van der Waals surface area contributed by atoms with Crippen molar-refractivity contribution in [1.82, 2.24) is 10.2 Å². The molecule has 1 heterocycles. The van der Waals surface area contributed by atoms with Gasteiger partial charge in [0.2, 0.25) is 17.7 Å². The van der Waals surface area contributed by atoms with Gasteiger partial charge in [0.1, 0.15) is 5.68 Å². The maximum atomic E-state index is 11.6. The molecule has 0 radical (unpaired) electrons. The minimum Gasteiger partial charge on any atom is -0.350 e. The van der Waals surface area contributed by atoms with Crippen LogP contribution < -0.4 is 5.32 Å². The largest absolute Gasteiger partial charge is 0.350 e. The molecule has 1 saturated heterocycles. The van der Waals surface area contributed by atoms with Gasteiger partial charge in [0.25, 0.3) is 0 Å². The van der Waals surface area contributed by atoms with Crippen LogP contribution >= 0.6 is 12.6 Å². The van der Waals surface area contributed by atoms with E-state index in [1.54, 1.807) is 0 Å². The first-order valence-corrected chi connectivity index (χ1v) is 7.22. The van der Waals surface area contributed by atoms with Crippen LogP contribution in [0.1, 0.15) is 32.1 Å². The number of hydrogen-bond donors (Lipinski definition) is 2. The molecule has 110 valence electrons. The summed E-state index contributed by atoms with van der Waals surface area (Å²) in [7, 11) is 1.42. The minimum atomic E-state index is -0.500. The van der Waals surface area contributed by atoms with E-state index in [2.05, 4.69) is 17.9 Å². The summed E-state index contributed by atoms with van der Waals surface area (Å²) in [5.74, 6) is -0.546. The van der Waals surface area contributed by atoms with Crippen LogP contribution in [0.3, 0.4) is 0 Å². The quantitative estimate of drug-likeness (QED) is 0.257. The highest BCUT2D eigenvalue weighted by Gasteiger charge is 2.35. The van der Waals surface area contributed by atoms with E-state index >= 15 is 0 Å². The number of carbonyl (C=O) groups is 4. The Balaban J connectivity index is 2.10. The highest BCUT2D eigenvalue weighted by atomic mass is 32.1. The van der Waals surface area contributed by atoms with E-state index < -0.39 is 5.25 Å². The molecule has 1 N–H and O–H groups in total. The minimum absolute atomic E-state index is 0.0684. The number of unbranched alkanes of at least 4 members (excludes halogenated alkanes) is 2. The third-order valence-corrected chi connectivity index (χ3v) is 3.44. The lowest BCUT2D eigenvalue weighted by Gasteiger charge is -2.13. The van der Waals surface area contributed by atoms with E-state index in [9.17, 15) is 19.2 Å². The summed E-state index contributed by atoms with van der Waals surface area (Å²) in [5.41, 5.74) is -0.0780. The zero-order valence-electron chi connectivity index (χ0n) is 11.6. The van der Waals surface area contributed by atoms with Crippen molar-refractivity contribution in [3.8, 4) is 0 Å². The molecule has 1 atom stereocenters. The number of nitrogens with zero attached hydrogens (tertiary/aromatic N) is 1. The van der Waals surface area contributed by atoms with Gasteiger partial charge in [-0.05, 0) is 12.8 Å². The van der Waals surface area contributed by atoms with Gasteiger partial charge in [-0.1, -0.05) is 6.42 Å². The molecular formula is C12H19BN2O4S. The first-order valence-electron chi connectivity index (χ1n) is 6.70. The molecule has 1 unspecified atom stereocenters. The van der Waals surface area contributed by atoms with Crippen LogP contribution in [0.4, 0.5) is 0 Å². The van der Waals surface area contributed by atoms with E-state index in [1.165, 1.54) is 12.7 Å². The SMILES string of the molecule is BC(=O)CNC(=O)CCCCCN1C(=O)CC(S)C1=O. The van der Waals surface area contributed by atoms with Crippen molar-refractivity contribution < 1.29 is 19.2 Å². The Morgan fingerprint density at radius 3 is 2.55 bits per heavy atom. The Kier molecular flexibility index (Phi) is 6.77. The molecule has 0 aromatic heterocycles. The summed E-state index contributed by atoms with van der Waals surface area (Å²) in [4.78, 5) is 46.3. The molecule has 0 aliphatic carbocycles. The molecule has 0 bridgehead atoms. The summed E-state index contributed by atoms with van der Waals surface area (Å²) in [6.07, 6.45) is 2.63. The number of rotatable bonds is 8. The van der Waals surface area contributed by atoms with Crippen molar-refractivity contribution in [2.75, 3.05) is 13.1 Å². The molecule has 0 spiro atoms. The standard InChI is InChI=1S/C12H19BN2O4S/c13-9(16)7-14-10(17)4-2-1-3-5-15-11(18)6-8(20)12(15)19/h8,20H,1-7,13H2,(H,14,17). The van der Waals surface area contributed by atoms with Crippen molar-refractivity contribution >= 4 is 43.9 Å². The lowest BCUT2D eigenvalue weighted by molar-refractivity contribution is -0.138. The normalized spacial score (nSPS) is 18.4. The maximum absolute atomic E-state index is 11.6. The van der Waals surface area contributed by atoms with Crippen molar-refractivity contribution in [2.45, 2.75) is 37.4 Å². The second-order valence-electron chi connectivity index (χ2n) is 4.89. The topological polar surface area (TPSA) is 83.6 Å². The fourth-order valence-electron chi connectivity index (χ4n) is 1.94. The van der Waals surface area contributed by atoms with Gasteiger partial charge in [-0.2, -0.15) is 12.6 Å². The first-order chi connectivity index (χ1) is 9.41. The molecule has 0 aromatic rings. The summed E-state index contributed by atoms with van der Waals surface area (Å²) in [6, 6.07) is 0. The molecular weight excluding hydrogens is 279 g/mol. The van der Waals surface area contributed by atoms with Gasteiger partial charge in [0.15, 0.2) is 7.85 Å². The molecule has 1 aliphatic heterocycles. The van der Waals surface area contributed by atoms with Gasteiger partial charge in [-0.15, -0.1) is 0 Å². The second kappa shape index (κ2) is 8.09. The van der Waals surface area contributed by atoms with Crippen molar-refractivity contribution in [3.05, 3.63) is 0 Å². The van der Waals surface area contributed by atoms with Gasteiger partial charge in [0, 0.05) is 19.4 Å². The van der Waals surface area contributed by atoms with Crippen molar-refractivity contribution in [1.29, 1.82) is 0 Å². The van der Waals surface area contributed by atoms with Crippen LogP contribution in [0.25, 0.3) is 0 Å². The predicted molar refractivity (Wildman–Crippen MR) is 79.1 cm³/mol. The maximum Gasteiger partial charge on any atom is 0.242 e. The molecule has 1 fully saturated rings. The Hall–Kier alpha value is -1.31. The van der Waals surface area contributed by atoms with Crippen LogP contribution in [0.2, 0.25) is 0 Å². The molecule has 0 saturated carbocycles. The van der Waals surface area contributed by atoms with E-state index in [0.717, 1.165) is 6.42 Å². The molecule has 6 nitrogen and oxygen atoms in total. The number of likely N-dealkylation sites (tertiary alicyclic amines) is 1. The molecule has 20 heavy (non-hydrogen) atoms. The van der Waals surface area contributed by atoms with Gasteiger partial charge in [0.05, 0.1) is 11.8 Å². The zero-order valence-corrected chi connectivity index (χ0v) is 12.4. The summed E-state index contributed by atoms with van der Waals surface area (Å²) >= 11 is 4.04. The van der Waals surface area contributed by atoms with Crippen molar-refractivity contribution in [3.63, 3.8) is 0 Å². The Bertz CT molecular complexity index is 416. The number of nitrogens with one attached hydrogen (secondary N) is 1. The molecule has 8 heteroatoms. The van der Waals surface area contributed by atoms with Gasteiger partial charge in [-0.25, -0.2) is 0 Å². The summed E-state index contributed by atoms with van der Waals surface area (Å²) in [5, 5.41) is 2.02. The molecule has 3 amide bonds. The average Bonchev–Trinajstić information content (AvgIpc) is 2.62. The summed E-state index contributed by atoms with van der Waals surface area (Å²) < 4.78 is 0. The number of thiol groups is 1. The Labute approximate surface area is 124 Å². The fourth-order valence-corrected chi connectivity index (χ4v) is 2.24. The third kappa shape index (κ3) is 5.36. The van der Waals surface area contributed by atoms with E-state index in [-0.39, 0.29) is 36.4 Å². The van der Waals surface area contributed by atoms with E-state index in [1.807, 2.05) is 0 Å². The number of hydrogen-bond acceptors (Lipinski definition) is 5. The fraction of sp³-hybridized carbons (Fsp3) is 0.667. The second-order valence-corrected chi connectivity index (χ2v) is 5.52. The van der Waals surface area contributed by atoms with Crippen LogP contribution in [-0.4, -0.2) is 54.5 Å². The van der Waals surface area contributed by atoms with Gasteiger partial charge >= 0.3 is 0 Å². The van der Waals surface area contributed by atoms with E-state index in [4.69, 9.17) is 0 Å². The van der Waals surface area contributed by atoms with Crippen LogP contribution in [0.15, 0.2) is 0 Å². The average molecular weight is 298 g/mol. The van der Waals surface area contributed by atoms with Crippen molar-refractivity contribution in [2.24, 2.45) is 0 Å². The molecule has 0 aromatic carbocycles. The monoisotopic (exact) mass is 298 g/mol. The summed E-state index contributed by atoms with van der Waals surface area (Å²) in [6.45, 7) is 0.461. The van der Waals surface area contributed by atoms with Gasteiger partial charge in [-0.3, -0.25) is 19.3 Å². The molecule has 1 aliphatic rings. The number of carbonyl (C=O) groups excluding carboxylic acids is 4. The lowest BCUT2D eigenvalue weighted by Crippen LogP contribution is -2.32. The predicted octanol–water partition coefficient (Wildman–Crippen LogP) is -1.12. The smallest absolute Gasteiger partial charge is 0.242 e. The van der Waals surface area contributed by atoms with Crippen LogP contribution in [-0.2, 0) is 19.2 Å². The zero-order chi connectivity index (χ0) is 15.1. The Morgan fingerprint density at radius 2 is 2.00 bits per heavy atom. The highest BCUT2D eigenvalue weighted by Crippen LogP contribution is 2.18. The van der Waals surface area contributed by atoms with Crippen LogP contribution in [0, 0.1) is 0 Å². The Morgan fingerprint density at radius 1 is 1.30 bits per heavy atom. The number of imide groups is 1. The number of amides is 3. The first kappa shape index (κ1) is 16.7.